The van der Waals surface area contributed by atoms with Crippen molar-refractivity contribution in [3.8, 4) is 0 Å². The summed E-state index contributed by atoms with van der Waals surface area (Å²) in [6.07, 6.45) is 3.85. The van der Waals surface area contributed by atoms with Gasteiger partial charge in [0, 0.05) is 18.5 Å². The number of carbonyl (C=O) groups is 1. The van der Waals surface area contributed by atoms with E-state index >= 15 is 0 Å². The smallest absolute Gasteiger partial charge is 0.228 e. The number of anilines is 1. The minimum Gasteiger partial charge on any atom is -0.325 e. The van der Waals surface area contributed by atoms with Gasteiger partial charge in [0.2, 0.25) is 5.91 Å². The van der Waals surface area contributed by atoms with Crippen LogP contribution < -0.4 is 5.32 Å². The predicted molar refractivity (Wildman–Crippen MR) is 103 cm³/mol. The first kappa shape index (κ1) is 18.6. The zero-order chi connectivity index (χ0) is 18.6. The Bertz CT molecular complexity index is 870. The Morgan fingerprint density at radius 1 is 1.04 bits per heavy atom. The van der Waals surface area contributed by atoms with Crippen LogP contribution in [0.4, 0.5) is 5.69 Å². The molecular weight excluding hydrogens is 348 g/mol. The molecule has 1 fully saturated rings. The molecule has 0 bridgehead atoms. The minimum atomic E-state index is -3.22. The van der Waals surface area contributed by atoms with E-state index in [-0.39, 0.29) is 17.2 Å². The maximum Gasteiger partial charge on any atom is 0.228 e. The van der Waals surface area contributed by atoms with Crippen molar-refractivity contribution in [2.75, 3.05) is 24.7 Å². The van der Waals surface area contributed by atoms with Gasteiger partial charge in [-0.1, -0.05) is 30.3 Å². The summed E-state index contributed by atoms with van der Waals surface area (Å²) in [6, 6.07) is 14.3. The number of nitrogens with zero attached hydrogens (tertiary/aromatic N) is 1. The highest BCUT2D eigenvalue weighted by atomic mass is 32.2. The van der Waals surface area contributed by atoms with Crippen molar-refractivity contribution in [1.82, 2.24) is 4.90 Å². The van der Waals surface area contributed by atoms with Crippen LogP contribution in [-0.4, -0.2) is 38.6 Å². The highest BCUT2D eigenvalue weighted by molar-refractivity contribution is 7.90. The van der Waals surface area contributed by atoms with Gasteiger partial charge in [-0.2, -0.15) is 0 Å². The lowest BCUT2D eigenvalue weighted by molar-refractivity contribution is -0.115. The lowest BCUT2D eigenvalue weighted by Gasteiger charge is -2.18. The van der Waals surface area contributed by atoms with Gasteiger partial charge in [0.15, 0.2) is 9.84 Å². The minimum absolute atomic E-state index is 0.106. The first-order valence-corrected chi connectivity index (χ1v) is 10.7. The Labute approximate surface area is 154 Å². The van der Waals surface area contributed by atoms with Crippen LogP contribution in [0.25, 0.3) is 0 Å². The number of hydrogen-bond acceptors (Lipinski definition) is 4. The van der Waals surface area contributed by atoms with Crippen molar-refractivity contribution < 1.29 is 13.2 Å². The zero-order valence-corrected chi connectivity index (χ0v) is 15.8. The number of benzene rings is 2. The highest BCUT2D eigenvalue weighted by Gasteiger charge is 2.15. The van der Waals surface area contributed by atoms with E-state index in [9.17, 15) is 13.2 Å². The average molecular weight is 372 g/mol. The van der Waals surface area contributed by atoms with Gasteiger partial charge in [0.1, 0.15) is 0 Å². The molecule has 2 aromatic carbocycles. The first-order valence-electron chi connectivity index (χ1n) is 8.81. The van der Waals surface area contributed by atoms with Crippen molar-refractivity contribution in [1.29, 1.82) is 0 Å². The van der Waals surface area contributed by atoms with Gasteiger partial charge >= 0.3 is 0 Å². The van der Waals surface area contributed by atoms with Gasteiger partial charge in [0.25, 0.3) is 0 Å². The van der Waals surface area contributed by atoms with Gasteiger partial charge in [-0.25, -0.2) is 8.42 Å². The monoisotopic (exact) mass is 372 g/mol. The summed E-state index contributed by atoms with van der Waals surface area (Å²) < 4.78 is 23.0. The van der Waals surface area contributed by atoms with E-state index in [0.29, 0.717) is 0 Å². The number of likely N-dealkylation sites (tertiary alicyclic amines) is 1. The Kier molecular flexibility index (Phi) is 5.74. The molecule has 0 radical (unpaired) electrons. The Hall–Kier alpha value is -2.18. The molecule has 3 rings (SSSR count). The molecule has 0 saturated carbocycles. The standard InChI is InChI=1S/C20H24N2O3S/c1-26(24,25)18-10-8-16(9-11-18)14-20(23)21-19-7-3-2-6-17(19)15-22-12-4-5-13-22/h2-3,6-11H,4-5,12-15H2,1H3,(H,21,23). The second-order valence-corrected chi connectivity index (χ2v) is 8.80. The fraction of sp³-hybridized carbons (Fsp3) is 0.350. The molecule has 0 atom stereocenters. The lowest BCUT2D eigenvalue weighted by atomic mass is 10.1. The number of para-hydroxylation sites is 1. The van der Waals surface area contributed by atoms with Gasteiger partial charge in [-0.3, -0.25) is 9.69 Å². The first-order chi connectivity index (χ1) is 12.4. The summed E-state index contributed by atoms with van der Waals surface area (Å²) in [4.78, 5) is 15.1. The fourth-order valence-electron chi connectivity index (χ4n) is 3.20. The molecule has 0 aliphatic carbocycles. The lowest BCUT2D eigenvalue weighted by Crippen LogP contribution is -2.21. The fourth-order valence-corrected chi connectivity index (χ4v) is 3.83. The quantitative estimate of drug-likeness (QED) is 0.847. The summed E-state index contributed by atoms with van der Waals surface area (Å²) in [7, 11) is -3.22. The number of rotatable bonds is 6. The maximum absolute atomic E-state index is 12.4. The summed E-state index contributed by atoms with van der Waals surface area (Å²) in [5.74, 6) is -0.106. The molecule has 1 aliphatic rings. The summed E-state index contributed by atoms with van der Waals surface area (Å²) in [5, 5.41) is 2.99. The molecule has 6 heteroatoms. The number of carbonyl (C=O) groups excluding carboxylic acids is 1. The maximum atomic E-state index is 12.4. The molecule has 26 heavy (non-hydrogen) atoms. The van der Waals surface area contributed by atoms with E-state index in [1.165, 1.54) is 19.1 Å². The van der Waals surface area contributed by atoms with Crippen molar-refractivity contribution in [3.05, 3.63) is 59.7 Å². The van der Waals surface area contributed by atoms with Crippen LogP contribution in [0.3, 0.4) is 0 Å². The van der Waals surface area contributed by atoms with Crippen molar-refractivity contribution in [2.24, 2.45) is 0 Å². The van der Waals surface area contributed by atoms with Crippen molar-refractivity contribution in [2.45, 2.75) is 30.7 Å². The molecular formula is C20H24N2O3S. The van der Waals surface area contributed by atoms with Gasteiger partial charge in [-0.05, 0) is 55.3 Å². The molecule has 0 aromatic heterocycles. The molecule has 1 heterocycles. The largest absolute Gasteiger partial charge is 0.325 e. The van der Waals surface area contributed by atoms with Gasteiger partial charge in [-0.15, -0.1) is 0 Å². The third-order valence-corrected chi connectivity index (χ3v) is 5.73. The van der Waals surface area contributed by atoms with Crippen LogP contribution in [0.2, 0.25) is 0 Å². The number of sulfone groups is 1. The van der Waals surface area contributed by atoms with Gasteiger partial charge in [0.05, 0.1) is 11.3 Å². The molecule has 1 saturated heterocycles. The molecule has 2 aromatic rings. The van der Waals surface area contributed by atoms with Crippen molar-refractivity contribution in [3.63, 3.8) is 0 Å². The molecule has 5 nitrogen and oxygen atoms in total. The molecule has 138 valence electrons. The number of hydrogen-bond donors (Lipinski definition) is 1. The second-order valence-electron chi connectivity index (χ2n) is 6.78. The normalized spacial score (nSPS) is 15.1. The topological polar surface area (TPSA) is 66.5 Å². The number of nitrogens with one attached hydrogen (secondary N) is 1. The SMILES string of the molecule is CS(=O)(=O)c1ccc(CC(=O)Nc2ccccc2CN2CCCC2)cc1. The van der Waals surface area contributed by atoms with Crippen LogP contribution in [0.15, 0.2) is 53.4 Å². The average Bonchev–Trinajstić information content (AvgIpc) is 3.09. The second kappa shape index (κ2) is 8.01. The van der Waals surface area contributed by atoms with E-state index in [1.807, 2.05) is 18.2 Å². The van der Waals surface area contributed by atoms with E-state index in [0.717, 1.165) is 36.4 Å². The zero-order valence-electron chi connectivity index (χ0n) is 14.9. The van der Waals surface area contributed by atoms with Crippen LogP contribution in [0, 0.1) is 0 Å². The van der Waals surface area contributed by atoms with Crippen LogP contribution in [-0.2, 0) is 27.6 Å². The van der Waals surface area contributed by atoms with Crippen LogP contribution in [0.1, 0.15) is 24.0 Å². The molecule has 1 aliphatic heterocycles. The molecule has 0 spiro atoms. The van der Waals surface area contributed by atoms with E-state index < -0.39 is 9.84 Å². The van der Waals surface area contributed by atoms with E-state index in [2.05, 4.69) is 16.3 Å². The Balaban J connectivity index is 1.64. The van der Waals surface area contributed by atoms with Crippen molar-refractivity contribution >= 4 is 21.4 Å². The van der Waals surface area contributed by atoms with Crippen LogP contribution in [0.5, 0.6) is 0 Å². The third-order valence-electron chi connectivity index (χ3n) is 4.60. The third kappa shape index (κ3) is 4.93. The Morgan fingerprint density at radius 2 is 1.69 bits per heavy atom. The number of amides is 1. The molecule has 1 amide bonds. The van der Waals surface area contributed by atoms with E-state index in [4.69, 9.17) is 0 Å². The summed E-state index contributed by atoms with van der Waals surface area (Å²) in [6.45, 7) is 3.06. The predicted octanol–water partition coefficient (Wildman–Crippen LogP) is 2.87. The summed E-state index contributed by atoms with van der Waals surface area (Å²) >= 11 is 0. The highest BCUT2D eigenvalue weighted by Crippen LogP contribution is 2.20. The van der Waals surface area contributed by atoms with E-state index in [1.54, 1.807) is 24.3 Å². The van der Waals surface area contributed by atoms with Crippen LogP contribution >= 0.6 is 0 Å². The Morgan fingerprint density at radius 3 is 2.35 bits per heavy atom. The summed E-state index contributed by atoms with van der Waals surface area (Å²) in [5.41, 5.74) is 2.75. The molecule has 1 N–H and O–H groups in total. The van der Waals surface area contributed by atoms with Gasteiger partial charge < -0.3 is 5.32 Å². The molecule has 0 unspecified atom stereocenters.